The molecular weight excluding hydrogens is 1220 g/mol. The average Bonchev–Trinajstić information content (AvgIpc) is 3.29. The summed E-state index contributed by atoms with van der Waals surface area (Å²) < 4.78 is 68.4. The van der Waals surface area contributed by atoms with E-state index in [1.54, 1.807) is 0 Å². The van der Waals surface area contributed by atoms with Gasteiger partial charge in [0.25, 0.3) is 0 Å². The van der Waals surface area contributed by atoms with E-state index in [9.17, 15) is 43.2 Å². The fourth-order valence-corrected chi connectivity index (χ4v) is 12.8. The van der Waals surface area contributed by atoms with E-state index < -0.39 is 97.5 Å². The number of rotatable bonds is 72. The predicted molar refractivity (Wildman–Crippen MR) is 377 cm³/mol. The summed E-state index contributed by atoms with van der Waals surface area (Å²) in [5.74, 6) is 0.0962. The highest BCUT2D eigenvalue weighted by Gasteiger charge is 2.30. The quantitative estimate of drug-likeness (QED) is 0.0222. The van der Waals surface area contributed by atoms with Gasteiger partial charge in [0.05, 0.1) is 26.4 Å². The third-order valence-corrected chi connectivity index (χ3v) is 19.0. The molecule has 0 rings (SSSR count). The molecule has 0 aliphatic heterocycles. The Hall–Kier alpha value is -1.94. The maximum Gasteiger partial charge on any atom is 0.472 e. The van der Waals surface area contributed by atoms with Gasteiger partial charge in [-0.3, -0.25) is 37.3 Å². The van der Waals surface area contributed by atoms with Crippen molar-refractivity contribution in [3.05, 3.63) is 0 Å². The van der Waals surface area contributed by atoms with Crippen molar-refractivity contribution in [1.82, 2.24) is 0 Å². The van der Waals surface area contributed by atoms with Crippen LogP contribution in [0.2, 0.25) is 0 Å². The average molecular weight is 1370 g/mol. The van der Waals surface area contributed by atoms with E-state index in [0.717, 1.165) is 108 Å². The molecular formula is C74H144O17P2. The minimum Gasteiger partial charge on any atom is -0.462 e. The molecule has 0 aromatic heterocycles. The van der Waals surface area contributed by atoms with Gasteiger partial charge in [-0.25, -0.2) is 9.13 Å². The van der Waals surface area contributed by atoms with Crippen molar-refractivity contribution >= 4 is 39.5 Å². The molecule has 0 aliphatic carbocycles. The van der Waals surface area contributed by atoms with Crippen LogP contribution in [0.25, 0.3) is 0 Å². The van der Waals surface area contributed by atoms with Gasteiger partial charge in [0.15, 0.2) is 12.2 Å². The molecule has 19 heteroatoms. The molecule has 0 spiro atoms. The number of phosphoric acid groups is 2. The summed E-state index contributed by atoms with van der Waals surface area (Å²) in [7, 11) is -9.91. The van der Waals surface area contributed by atoms with Crippen LogP contribution in [0.4, 0.5) is 0 Å². The molecule has 2 unspecified atom stereocenters. The molecule has 3 N–H and O–H groups in total. The highest BCUT2D eigenvalue weighted by atomic mass is 31.2. The first-order valence-corrected chi connectivity index (χ1v) is 41.3. The summed E-state index contributed by atoms with van der Waals surface area (Å²) in [6, 6.07) is 0. The number of unbranched alkanes of at least 4 members (excludes halogenated alkanes) is 40. The van der Waals surface area contributed by atoms with E-state index >= 15 is 0 Å². The van der Waals surface area contributed by atoms with Gasteiger partial charge in [0, 0.05) is 25.7 Å². The molecule has 93 heavy (non-hydrogen) atoms. The summed E-state index contributed by atoms with van der Waals surface area (Å²) in [6.45, 7) is 11.8. The Labute approximate surface area is 568 Å². The van der Waals surface area contributed by atoms with Gasteiger partial charge in [0.1, 0.15) is 19.3 Å². The number of carbonyl (C=O) groups is 4. The number of esters is 4. The van der Waals surface area contributed by atoms with Crippen molar-refractivity contribution in [2.45, 2.75) is 394 Å². The molecule has 552 valence electrons. The molecule has 0 radical (unpaired) electrons. The number of aliphatic hydroxyl groups excluding tert-OH is 1. The minimum atomic E-state index is -4.96. The Morgan fingerprint density at radius 1 is 0.290 bits per heavy atom. The molecule has 0 heterocycles. The first-order chi connectivity index (χ1) is 44.7. The number of ether oxygens (including phenoxy) is 4. The van der Waals surface area contributed by atoms with Crippen molar-refractivity contribution in [2.24, 2.45) is 17.8 Å². The molecule has 0 aromatic carbocycles. The molecule has 0 aliphatic rings. The van der Waals surface area contributed by atoms with Crippen LogP contribution in [-0.2, 0) is 65.4 Å². The van der Waals surface area contributed by atoms with Crippen LogP contribution in [0.5, 0.6) is 0 Å². The summed E-state index contributed by atoms with van der Waals surface area (Å²) in [6.07, 6.45) is 50.1. The summed E-state index contributed by atoms with van der Waals surface area (Å²) in [5, 5.41) is 10.6. The van der Waals surface area contributed by atoms with Crippen LogP contribution >= 0.6 is 15.6 Å². The Balaban J connectivity index is 5.24. The highest BCUT2D eigenvalue weighted by molar-refractivity contribution is 7.47. The van der Waals surface area contributed by atoms with E-state index in [0.29, 0.717) is 31.6 Å². The van der Waals surface area contributed by atoms with E-state index in [1.165, 1.54) is 180 Å². The zero-order valence-electron chi connectivity index (χ0n) is 60.7. The summed E-state index contributed by atoms with van der Waals surface area (Å²) >= 11 is 0. The van der Waals surface area contributed by atoms with Crippen molar-refractivity contribution in [2.75, 3.05) is 39.6 Å². The Morgan fingerprint density at radius 2 is 0.495 bits per heavy atom. The van der Waals surface area contributed by atoms with Crippen LogP contribution in [0.1, 0.15) is 376 Å². The maximum absolute atomic E-state index is 13.1. The Bertz CT molecular complexity index is 1820. The highest BCUT2D eigenvalue weighted by Crippen LogP contribution is 2.45. The van der Waals surface area contributed by atoms with E-state index in [-0.39, 0.29) is 25.7 Å². The Kier molecular flexibility index (Phi) is 63.4. The first-order valence-electron chi connectivity index (χ1n) is 38.3. The lowest BCUT2D eigenvalue weighted by Crippen LogP contribution is -2.30. The second-order valence-electron chi connectivity index (χ2n) is 28.1. The second-order valence-corrected chi connectivity index (χ2v) is 31.0. The standard InChI is InChI=1S/C74H144O17P2/c1-8-9-10-11-12-13-14-15-16-20-23-26-34-41-48-55-71(76)84-61-69(90-73(78)57-50-43-35-27-24-21-18-17-19-22-25-31-38-45-52-65(2)3)63-88-92(80,81)86-59-68(75)60-87-93(82,83)89-64-70(62-85-72(77)56-49-42-37-30-33-40-47-54-67(6)7)91-74(79)58-51-44-36-29-28-32-39-46-53-66(4)5/h65-70,75H,8-64H2,1-7H3,(H,80,81)(H,82,83)/t68-,69-,70-/m1/s1. The number of aliphatic hydroxyl groups is 1. The van der Waals surface area contributed by atoms with Gasteiger partial charge in [0.2, 0.25) is 0 Å². The predicted octanol–water partition coefficient (Wildman–Crippen LogP) is 21.4. The third-order valence-electron chi connectivity index (χ3n) is 17.1. The fraction of sp³-hybridized carbons (Fsp3) is 0.946. The van der Waals surface area contributed by atoms with Crippen molar-refractivity contribution in [3.8, 4) is 0 Å². The van der Waals surface area contributed by atoms with Crippen molar-refractivity contribution in [1.29, 1.82) is 0 Å². The van der Waals surface area contributed by atoms with Crippen LogP contribution in [-0.4, -0.2) is 96.7 Å². The number of carbonyl (C=O) groups excluding carboxylic acids is 4. The smallest absolute Gasteiger partial charge is 0.462 e. The lowest BCUT2D eigenvalue weighted by Gasteiger charge is -2.21. The molecule has 0 fully saturated rings. The van der Waals surface area contributed by atoms with Crippen LogP contribution in [0, 0.1) is 17.8 Å². The zero-order valence-corrected chi connectivity index (χ0v) is 62.5. The normalized spacial score (nSPS) is 14.1. The molecule has 5 atom stereocenters. The van der Waals surface area contributed by atoms with E-state index in [1.807, 2.05) is 0 Å². The van der Waals surface area contributed by atoms with E-state index in [2.05, 4.69) is 48.5 Å². The molecule has 0 saturated heterocycles. The van der Waals surface area contributed by atoms with Crippen LogP contribution in [0.15, 0.2) is 0 Å². The van der Waals surface area contributed by atoms with Gasteiger partial charge in [-0.05, 0) is 43.4 Å². The summed E-state index contributed by atoms with van der Waals surface area (Å²) in [4.78, 5) is 72.7. The van der Waals surface area contributed by atoms with Gasteiger partial charge >= 0.3 is 39.5 Å². The lowest BCUT2D eigenvalue weighted by atomic mass is 10.0. The number of hydrogen-bond acceptors (Lipinski definition) is 15. The van der Waals surface area contributed by atoms with E-state index in [4.69, 9.17) is 37.0 Å². The van der Waals surface area contributed by atoms with Crippen LogP contribution in [0.3, 0.4) is 0 Å². The summed E-state index contributed by atoms with van der Waals surface area (Å²) in [5.41, 5.74) is 0. The third kappa shape index (κ3) is 68.4. The maximum atomic E-state index is 13.1. The van der Waals surface area contributed by atoms with Crippen molar-refractivity contribution < 1.29 is 80.2 Å². The SMILES string of the molecule is CCCCCCCCCCCCCCCCCC(=O)OC[C@H](COP(=O)(O)OC[C@@H](O)COP(=O)(O)OC[C@@H](COC(=O)CCCCCCCCCC(C)C)OC(=O)CCCCCCCCCCC(C)C)OC(=O)CCCCCCCCCCCCCCCCC(C)C. The monoisotopic (exact) mass is 1370 g/mol. The molecule has 0 bridgehead atoms. The lowest BCUT2D eigenvalue weighted by molar-refractivity contribution is -0.161. The second kappa shape index (κ2) is 64.7. The number of hydrogen-bond donors (Lipinski definition) is 3. The minimum absolute atomic E-state index is 0.104. The zero-order chi connectivity index (χ0) is 68.7. The molecule has 17 nitrogen and oxygen atoms in total. The van der Waals surface area contributed by atoms with Gasteiger partial charge in [-0.1, -0.05) is 325 Å². The Morgan fingerprint density at radius 3 is 0.731 bits per heavy atom. The molecule has 0 amide bonds. The topological polar surface area (TPSA) is 237 Å². The first kappa shape index (κ1) is 91.1. The van der Waals surface area contributed by atoms with Gasteiger partial charge in [-0.15, -0.1) is 0 Å². The van der Waals surface area contributed by atoms with Gasteiger partial charge in [-0.2, -0.15) is 0 Å². The largest absolute Gasteiger partial charge is 0.472 e. The van der Waals surface area contributed by atoms with Crippen LogP contribution < -0.4 is 0 Å². The van der Waals surface area contributed by atoms with Crippen molar-refractivity contribution in [3.63, 3.8) is 0 Å². The number of phosphoric ester groups is 2. The molecule has 0 saturated carbocycles. The fourth-order valence-electron chi connectivity index (χ4n) is 11.2. The van der Waals surface area contributed by atoms with Gasteiger partial charge < -0.3 is 33.8 Å². The molecule has 0 aromatic rings.